The van der Waals surface area contributed by atoms with Crippen LogP contribution in [0.5, 0.6) is 11.5 Å². The summed E-state index contributed by atoms with van der Waals surface area (Å²) in [6.45, 7) is -3.84. The lowest BCUT2D eigenvalue weighted by atomic mass is 9.83. The third kappa shape index (κ3) is 4.38. The minimum atomic E-state index is -3.06. The molecular weight excluding hydrogens is 433 g/mol. The Hall–Kier alpha value is -2.75. The summed E-state index contributed by atoms with van der Waals surface area (Å²) >= 11 is 6.10. The van der Waals surface area contributed by atoms with Crippen LogP contribution in [0.25, 0.3) is 0 Å². The number of rotatable bonds is 7. The Morgan fingerprint density at radius 3 is 2.37 bits per heavy atom. The maximum absolute atomic E-state index is 14.1. The van der Waals surface area contributed by atoms with E-state index in [-0.39, 0.29) is 29.0 Å². The first-order chi connectivity index (χ1) is 14.1. The molecule has 0 saturated carbocycles. The van der Waals surface area contributed by atoms with Gasteiger partial charge in [-0.15, -0.1) is 0 Å². The summed E-state index contributed by atoms with van der Waals surface area (Å²) in [4.78, 5) is 6.11. The van der Waals surface area contributed by atoms with E-state index in [0.717, 1.165) is 6.07 Å². The van der Waals surface area contributed by atoms with Gasteiger partial charge in [0.05, 0.1) is 11.6 Å². The second-order valence-electron chi connectivity index (χ2n) is 6.56. The van der Waals surface area contributed by atoms with Crippen LogP contribution >= 0.6 is 11.6 Å². The fourth-order valence-corrected chi connectivity index (χ4v) is 3.42. The van der Waals surface area contributed by atoms with Crippen molar-refractivity contribution in [1.82, 2.24) is 4.90 Å². The number of hydrogen-bond donors (Lipinski definition) is 1. The van der Waals surface area contributed by atoms with Crippen LogP contribution in [0.1, 0.15) is 11.1 Å². The van der Waals surface area contributed by atoms with E-state index in [1.807, 2.05) is 0 Å². The molecule has 30 heavy (non-hydrogen) atoms. The first kappa shape index (κ1) is 21.9. The predicted octanol–water partition coefficient (Wildman–Crippen LogP) is 4.23. The number of guanidine groups is 1. The molecule has 0 spiro atoms. The molecule has 0 fully saturated rings. The minimum Gasteiger partial charge on any atom is -0.485 e. The Kier molecular flexibility index (Phi) is 6.25. The van der Waals surface area contributed by atoms with Gasteiger partial charge in [0.2, 0.25) is 0 Å². The van der Waals surface area contributed by atoms with Crippen LogP contribution in [-0.4, -0.2) is 44.1 Å². The Morgan fingerprint density at radius 2 is 1.80 bits per heavy atom. The number of halogens is 6. The van der Waals surface area contributed by atoms with Crippen LogP contribution in [0.3, 0.4) is 0 Å². The van der Waals surface area contributed by atoms with Crippen LogP contribution in [-0.2, 0) is 5.54 Å². The number of benzene rings is 2. The zero-order chi connectivity index (χ0) is 22.1. The van der Waals surface area contributed by atoms with E-state index in [2.05, 4.69) is 9.73 Å². The molecule has 0 saturated heterocycles. The van der Waals surface area contributed by atoms with E-state index in [1.54, 1.807) is 11.9 Å². The van der Waals surface area contributed by atoms with Crippen LogP contribution in [0.2, 0.25) is 5.02 Å². The van der Waals surface area contributed by atoms with E-state index in [1.165, 1.54) is 30.3 Å². The van der Waals surface area contributed by atoms with Crippen molar-refractivity contribution in [3.63, 3.8) is 0 Å². The summed E-state index contributed by atoms with van der Waals surface area (Å²) < 4.78 is 73.4. The number of nitrogens with two attached hydrogens (primary N) is 1. The normalized spacial score (nSPS) is 18.8. The summed E-state index contributed by atoms with van der Waals surface area (Å²) in [7, 11) is 1.67. The summed E-state index contributed by atoms with van der Waals surface area (Å²) in [6, 6.07) is 7.86. The zero-order valence-electron chi connectivity index (χ0n) is 15.6. The quantitative estimate of drug-likeness (QED) is 0.643. The monoisotopic (exact) mass is 449 g/mol. The molecule has 1 heterocycles. The summed E-state index contributed by atoms with van der Waals surface area (Å²) in [6.07, 6.45) is -2.78. The van der Waals surface area contributed by atoms with Crippen molar-refractivity contribution in [2.75, 3.05) is 20.2 Å². The third-order valence-electron chi connectivity index (χ3n) is 4.56. The number of nitrogens with zero attached hydrogens (tertiary/aromatic N) is 2. The van der Waals surface area contributed by atoms with Crippen LogP contribution in [0.4, 0.5) is 22.0 Å². The topological polar surface area (TPSA) is 60.1 Å². The Balaban J connectivity index is 2.09. The highest BCUT2D eigenvalue weighted by molar-refractivity contribution is 6.32. The first-order valence-corrected chi connectivity index (χ1v) is 9.02. The van der Waals surface area contributed by atoms with Gasteiger partial charge < -0.3 is 20.1 Å². The standard InChI is InChI=1S/C19H17ClF5N3O2/c1-28-9-19(27-18(28)26,10-3-5-14(12(20)6-10)30-17(24)25)11-2-4-13(21)15(7-11)29-8-16(22)23/h2-7,16-17H,8-9H2,1H3,(H2,26,27). The average Bonchev–Trinajstić information content (AvgIpc) is 2.98. The second kappa shape index (κ2) is 8.55. The number of likely N-dealkylation sites (N-methyl/N-ethyl adjacent to an activating group) is 1. The molecule has 0 aliphatic carbocycles. The van der Waals surface area contributed by atoms with Crippen LogP contribution < -0.4 is 15.2 Å². The van der Waals surface area contributed by atoms with Gasteiger partial charge in [-0.3, -0.25) is 0 Å². The molecular formula is C19H17ClF5N3O2. The molecule has 0 radical (unpaired) electrons. The highest BCUT2D eigenvalue weighted by Crippen LogP contribution is 2.42. The van der Waals surface area contributed by atoms with Gasteiger partial charge >= 0.3 is 6.61 Å². The van der Waals surface area contributed by atoms with Crippen molar-refractivity contribution in [3.8, 4) is 11.5 Å². The van der Waals surface area contributed by atoms with Gasteiger partial charge in [0.15, 0.2) is 17.5 Å². The van der Waals surface area contributed by atoms with Crippen molar-refractivity contribution in [3.05, 3.63) is 58.4 Å². The Morgan fingerprint density at radius 1 is 1.13 bits per heavy atom. The zero-order valence-corrected chi connectivity index (χ0v) is 16.3. The van der Waals surface area contributed by atoms with Crippen molar-refractivity contribution in [2.24, 2.45) is 10.7 Å². The van der Waals surface area contributed by atoms with Crippen molar-refractivity contribution >= 4 is 17.6 Å². The molecule has 3 rings (SSSR count). The van der Waals surface area contributed by atoms with Crippen LogP contribution in [0, 0.1) is 5.82 Å². The highest BCUT2D eigenvalue weighted by atomic mass is 35.5. The predicted molar refractivity (Wildman–Crippen MR) is 101 cm³/mol. The SMILES string of the molecule is CN1CC(c2ccc(OC(F)F)c(Cl)c2)(c2ccc(F)c(OCC(F)F)c2)N=C1N. The largest absolute Gasteiger partial charge is 0.485 e. The molecule has 2 aromatic carbocycles. The summed E-state index contributed by atoms with van der Waals surface area (Å²) in [5.41, 5.74) is 5.58. The van der Waals surface area contributed by atoms with Gasteiger partial charge in [0, 0.05) is 7.05 Å². The molecule has 11 heteroatoms. The number of aliphatic imine (C=N–C) groups is 1. The van der Waals surface area contributed by atoms with Crippen molar-refractivity contribution < 1.29 is 31.4 Å². The Bertz CT molecular complexity index is 960. The molecule has 5 nitrogen and oxygen atoms in total. The van der Waals surface area contributed by atoms with Gasteiger partial charge in [0.25, 0.3) is 6.43 Å². The van der Waals surface area contributed by atoms with E-state index < -0.39 is 31.0 Å². The fraction of sp³-hybridized carbons (Fsp3) is 0.316. The molecule has 0 bridgehead atoms. The van der Waals surface area contributed by atoms with E-state index in [9.17, 15) is 22.0 Å². The van der Waals surface area contributed by atoms with Crippen molar-refractivity contribution in [2.45, 2.75) is 18.6 Å². The third-order valence-corrected chi connectivity index (χ3v) is 4.86. The maximum Gasteiger partial charge on any atom is 0.387 e. The van der Waals surface area contributed by atoms with Gasteiger partial charge in [-0.05, 0) is 35.4 Å². The molecule has 1 atom stereocenters. The lowest BCUT2D eigenvalue weighted by Crippen LogP contribution is -2.35. The molecule has 162 valence electrons. The molecule has 2 N–H and O–H groups in total. The number of alkyl halides is 4. The number of hydrogen-bond acceptors (Lipinski definition) is 5. The van der Waals surface area contributed by atoms with Gasteiger partial charge in [-0.25, -0.2) is 18.2 Å². The van der Waals surface area contributed by atoms with E-state index in [4.69, 9.17) is 22.1 Å². The fourth-order valence-electron chi connectivity index (χ4n) is 3.19. The van der Waals surface area contributed by atoms with Gasteiger partial charge in [-0.1, -0.05) is 23.7 Å². The molecule has 1 unspecified atom stereocenters. The molecule has 2 aromatic rings. The first-order valence-electron chi connectivity index (χ1n) is 8.64. The van der Waals surface area contributed by atoms with E-state index >= 15 is 0 Å². The molecule has 0 aromatic heterocycles. The smallest absolute Gasteiger partial charge is 0.387 e. The molecule has 1 aliphatic rings. The second-order valence-corrected chi connectivity index (χ2v) is 6.96. The molecule has 1 aliphatic heterocycles. The average molecular weight is 450 g/mol. The van der Waals surface area contributed by atoms with E-state index in [0.29, 0.717) is 11.1 Å². The maximum atomic E-state index is 14.1. The van der Waals surface area contributed by atoms with Gasteiger partial charge in [-0.2, -0.15) is 8.78 Å². The lowest BCUT2D eigenvalue weighted by Gasteiger charge is -2.29. The van der Waals surface area contributed by atoms with Crippen molar-refractivity contribution in [1.29, 1.82) is 0 Å². The van der Waals surface area contributed by atoms with Crippen LogP contribution in [0.15, 0.2) is 41.4 Å². The summed E-state index contributed by atoms with van der Waals surface area (Å²) in [5.74, 6) is -1.26. The minimum absolute atomic E-state index is 0.0909. The lowest BCUT2D eigenvalue weighted by molar-refractivity contribution is -0.0498. The Labute approximate surface area is 173 Å². The number of ether oxygens (including phenoxy) is 2. The molecule has 0 amide bonds. The highest BCUT2D eigenvalue weighted by Gasteiger charge is 2.41. The van der Waals surface area contributed by atoms with Gasteiger partial charge in [0.1, 0.15) is 17.9 Å². The summed E-state index contributed by atoms with van der Waals surface area (Å²) in [5, 5.41) is -0.0909.